The van der Waals surface area contributed by atoms with Crippen LogP contribution in [0, 0.1) is 6.92 Å². The molecule has 1 heterocycles. The zero-order valence-corrected chi connectivity index (χ0v) is 14.5. The van der Waals surface area contributed by atoms with E-state index < -0.39 is 0 Å². The van der Waals surface area contributed by atoms with Crippen molar-refractivity contribution in [3.8, 4) is 22.8 Å². The number of benzene rings is 2. The van der Waals surface area contributed by atoms with E-state index in [1.54, 1.807) is 13.2 Å². The summed E-state index contributed by atoms with van der Waals surface area (Å²) in [6, 6.07) is 14.0. The molecule has 0 spiro atoms. The van der Waals surface area contributed by atoms with Gasteiger partial charge in [0.15, 0.2) is 11.5 Å². The van der Waals surface area contributed by atoms with Gasteiger partial charge >= 0.3 is 0 Å². The van der Waals surface area contributed by atoms with Crippen molar-refractivity contribution in [3.63, 3.8) is 0 Å². The molecule has 124 valence electrons. The smallest absolute Gasteiger partial charge is 0.161 e. The SMILES string of the molecule is COc1cc2c(C)cc(-c3cccc(CN(C)C)c3)nc2cc1O. The number of phenolic OH excluding ortho intramolecular Hbond substituents is 1. The molecule has 3 aromatic rings. The Morgan fingerprint density at radius 3 is 2.62 bits per heavy atom. The van der Waals surface area contributed by atoms with Gasteiger partial charge in [-0.25, -0.2) is 4.98 Å². The molecule has 0 aliphatic heterocycles. The first-order chi connectivity index (χ1) is 11.5. The second-order valence-electron chi connectivity index (χ2n) is 6.30. The predicted octanol–water partition coefficient (Wildman–Crippen LogP) is 3.99. The fourth-order valence-corrected chi connectivity index (χ4v) is 2.92. The highest BCUT2D eigenvalue weighted by atomic mass is 16.5. The van der Waals surface area contributed by atoms with Crippen LogP contribution in [0.1, 0.15) is 11.1 Å². The van der Waals surface area contributed by atoms with Gasteiger partial charge in [0.1, 0.15) is 0 Å². The minimum Gasteiger partial charge on any atom is -0.504 e. The summed E-state index contributed by atoms with van der Waals surface area (Å²) in [4.78, 5) is 6.88. The lowest BCUT2D eigenvalue weighted by molar-refractivity contribution is 0.374. The highest BCUT2D eigenvalue weighted by Gasteiger charge is 2.10. The highest BCUT2D eigenvalue weighted by Crippen LogP contribution is 2.33. The van der Waals surface area contributed by atoms with E-state index in [2.05, 4.69) is 49.3 Å². The summed E-state index contributed by atoms with van der Waals surface area (Å²) in [6.07, 6.45) is 0. The van der Waals surface area contributed by atoms with E-state index in [1.807, 2.05) is 13.0 Å². The number of aryl methyl sites for hydroxylation is 1. The van der Waals surface area contributed by atoms with Crippen molar-refractivity contribution in [1.29, 1.82) is 0 Å². The number of hydrogen-bond acceptors (Lipinski definition) is 4. The molecule has 0 atom stereocenters. The third kappa shape index (κ3) is 3.19. The van der Waals surface area contributed by atoms with Gasteiger partial charge in [0.05, 0.1) is 18.3 Å². The largest absolute Gasteiger partial charge is 0.504 e. The third-order valence-electron chi connectivity index (χ3n) is 4.04. The molecule has 0 aliphatic carbocycles. The lowest BCUT2D eigenvalue weighted by Gasteiger charge is -2.12. The van der Waals surface area contributed by atoms with Crippen LogP contribution in [0.2, 0.25) is 0 Å². The summed E-state index contributed by atoms with van der Waals surface area (Å²) in [5.74, 6) is 0.573. The molecule has 0 unspecified atom stereocenters. The van der Waals surface area contributed by atoms with Crippen LogP contribution in [-0.2, 0) is 6.54 Å². The van der Waals surface area contributed by atoms with Crippen molar-refractivity contribution >= 4 is 10.9 Å². The van der Waals surface area contributed by atoms with Crippen LogP contribution < -0.4 is 4.74 Å². The number of aromatic hydroxyl groups is 1. The van der Waals surface area contributed by atoms with Gasteiger partial charge in [-0.2, -0.15) is 0 Å². The number of pyridine rings is 1. The molecule has 0 saturated carbocycles. The van der Waals surface area contributed by atoms with Gasteiger partial charge in [-0.15, -0.1) is 0 Å². The first kappa shape index (κ1) is 16.3. The van der Waals surface area contributed by atoms with Crippen molar-refractivity contribution in [2.24, 2.45) is 0 Å². The molecule has 0 bridgehead atoms. The van der Waals surface area contributed by atoms with Crippen LogP contribution in [0.4, 0.5) is 0 Å². The second kappa shape index (κ2) is 6.49. The Hall–Kier alpha value is -2.59. The van der Waals surface area contributed by atoms with E-state index in [1.165, 1.54) is 5.56 Å². The van der Waals surface area contributed by atoms with E-state index in [4.69, 9.17) is 9.72 Å². The number of nitrogens with zero attached hydrogens (tertiary/aromatic N) is 2. The molecular weight excluding hydrogens is 300 g/mol. The zero-order valence-electron chi connectivity index (χ0n) is 14.5. The van der Waals surface area contributed by atoms with Crippen molar-refractivity contribution in [2.75, 3.05) is 21.2 Å². The van der Waals surface area contributed by atoms with Crippen LogP contribution in [0.5, 0.6) is 11.5 Å². The van der Waals surface area contributed by atoms with Crippen LogP contribution in [-0.4, -0.2) is 36.2 Å². The molecule has 4 nitrogen and oxygen atoms in total. The number of methoxy groups -OCH3 is 1. The summed E-state index contributed by atoms with van der Waals surface area (Å²) in [5, 5.41) is 11.0. The molecule has 24 heavy (non-hydrogen) atoms. The Labute approximate surface area is 142 Å². The predicted molar refractivity (Wildman–Crippen MR) is 97.5 cm³/mol. The average Bonchev–Trinajstić information content (AvgIpc) is 2.53. The van der Waals surface area contributed by atoms with Gasteiger partial charge in [0, 0.05) is 23.6 Å². The second-order valence-corrected chi connectivity index (χ2v) is 6.30. The number of fused-ring (bicyclic) bond motifs is 1. The Balaban J connectivity index is 2.10. The first-order valence-electron chi connectivity index (χ1n) is 7.90. The monoisotopic (exact) mass is 322 g/mol. The number of aromatic nitrogens is 1. The van der Waals surface area contributed by atoms with Crippen LogP contribution in [0.25, 0.3) is 22.2 Å². The van der Waals surface area contributed by atoms with Gasteiger partial charge in [-0.1, -0.05) is 18.2 Å². The average molecular weight is 322 g/mol. The fraction of sp³-hybridized carbons (Fsp3) is 0.250. The first-order valence-corrected chi connectivity index (χ1v) is 7.90. The van der Waals surface area contributed by atoms with E-state index >= 15 is 0 Å². The summed E-state index contributed by atoms with van der Waals surface area (Å²) in [7, 11) is 5.66. The Kier molecular flexibility index (Phi) is 4.40. The number of hydrogen-bond donors (Lipinski definition) is 1. The molecule has 0 amide bonds. The number of ether oxygens (including phenoxy) is 1. The van der Waals surface area contributed by atoms with Gasteiger partial charge in [-0.05, 0) is 50.3 Å². The summed E-state index contributed by atoms with van der Waals surface area (Å²) >= 11 is 0. The maximum atomic E-state index is 10.0. The third-order valence-corrected chi connectivity index (χ3v) is 4.04. The molecule has 3 rings (SSSR count). The lowest BCUT2D eigenvalue weighted by Crippen LogP contribution is -2.10. The summed E-state index contributed by atoms with van der Waals surface area (Å²) in [6.45, 7) is 2.94. The maximum Gasteiger partial charge on any atom is 0.161 e. The minimum atomic E-state index is 0.107. The molecular formula is C20H22N2O2. The molecule has 0 aliphatic rings. The van der Waals surface area contributed by atoms with Gasteiger partial charge < -0.3 is 14.7 Å². The molecule has 0 fully saturated rings. The van der Waals surface area contributed by atoms with E-state index in [-0.39, 0.29) is 5.75 Å². The highest BCUT2D eigenvalue weighted by molar-refractivity contribution is 5.88. The molecule has 0 saturated heterocycles. The van der Waals surface area contributed by atoms with Crippen molar-refractivity contribution in [2.45, 2.75) is 13.5 Å². The van der Waals surface area contributed by atoms with Gasteiger partial charge in [-0.3, -0.25) is 0 Å². The van der Waals surface area contributed by atoms with Crippen molar-refractivity contribution < 1.29 is 9.84 Å². The zero-order chi connectivity index (χ0) is 17.3. The normalized spacial score (nSPS) is 11.2. The quantitative estimate of drug-likeness (QED) is 0.789. The molecule has 4 heteroatoms. The van der Waals surface area contributed by atoms with Crippen LogP contribution >= 0.6 is 0 Å². The summed E-state index contributed by atoms with van der Waals surface area (Å²) < 4.78 is 5.19. The number of rotatable bonds is 4. The van der Waals surface area contributed by atoms with Crippen LogP contribution in [0.3, 0.4) is 0 Å². The standard InChI is InChI=1S/C20H22N2O2/c1-13-8-17(15-7-5-6-14(9-15)12-22(2)3)21-18-11-19(23)20(24-4)10-16(13)18/h5-11,23H,12H2,1-4H3. The van der Waals surface area contributed by atoms with Crippen molar-refractivity contribution in [1.82, 2.24) is 9.88 Å². The molecule has 2 aromatic carbocycles. The molecule has 0 radical (unpaired) electrons. The minimum absolute atomic E-state index is 0.107. The Bertz CT molecular complexity index is 888. The molecule has 1 aromatic heterocycles. The fourth-order valence-electron chi connectivity index (χ4n) is 2.92. The van der Waals surface area contributed by atoms with E-state index in [9.17, 15) is 5.11 Å². The topological polar surface area (TPSA) is 45.6 Å². The van der Waals surface area contributed by atoms with Gasteiger partial charge in [0.25, 0.3) is 0 Å². The Morgan fingerprint density at radius 2 is 1.92 bits per heavy atom. The van der Waals surface area contributed by atoms with Crippen LogP contribution in [0.15, 0.2) is 42.5 Å². The number of phenols is 1. The Morgan fingerprint density at radius 1 is 1.12 bits per heavy atom. The lowest BCUT2D eigenvalue weighted by atomic mass is 10.0. The van der Waals surface area contributed by atoms with Crippen molar-refractivity contribution in [3.05, 3.63) is 53.6 Å². The van der Waals surface area contributed by atoms with E-state index in [0.29, 0.717) is 5.75 Å². The van der Waals surface area contributed by atoms with Gasteiger partial charge in [0.2, 0.25) is 0 Å². The molecule has 1 N–H and O–H groups in total. The van der Waals surface area contributed by atoms with E-state index in [0.717, 1.165) is 34.3 Å². The summed E-state index contributed by atoms with van der Waals surface area (Å²) in [5.41, 5.74) is 5.10. The maximum absolute atomic E-state index is 10.0.